The number of carbonyl (C=O) groups excluding carboxylic acids is 1. The Balaban J connectivity index is 2.15. The average Bonchev–Trinajstić information content (AvgIpc) is 3.07. The molecule has 128 valence electrons. The molecule has 0 aliphatic carbocycles. The molecule has 0 amide bonds. The Kier molecular flexibility index (Phi) is 4.41. The van der Waals surface area contributed by atoms with Gasteiger partial charge >= 0.3 is 5.97 Å². The number of carboxylic acids is 1. The molecular weight excluding hydrogens is 342 g/mol. The van der Waals surface area contributed by atoms with Gasteiger partial charge in [-0.3, -0.25) is 14.2 Å². The number of carbonyl (C=O) groups is 2. The second-order valence-electron chi connectivity index (χ2n) is 5.53. The second kappa shape index (κ2) is 6.52. The fourth-order valence-electron chi connectivity index (χ4n) is 2.74. The number of fused-ring (bicyclic) bond motifs is 1. The predicted molar refractivity (Wildman–Crippen MR) is 94.9 cm³/mol. The SMILES string of the molecule is CCC(=O)c1cccc(Cn2c(=O)c(O)c(C(=O)O)c3sccc32)c1. The molecular formula is C18H15NO5S. The molecule has 0 aliphatic rings. The summed E-state index contributed by atoms with van der Waals surface area (Å²) in [4.78, 5) is 35.7. The van der Waals surface area contributed by atoms with Gasteiger partial charge in [0.2, 0.25) is 0 Å². The molecule has 3 aromatic rings. The largest absolute Gasteiger partial charge is 0.502 e. The number of hydrogen-bond donors (Lipinski definition) is 2. The first-order valence-corrected chi connectivity index (χ1v) is 8.50. The van der Waals surface area contributed by atoms with Gasteiger partial charge in [0.15, 0.2) is 11.5 Å². The molecule has 6 nitrogen and oxygen atoms in total. The Morgan fingerprint density at radius 1 is 1.24 bits per heavy atom. The zero-order valence-corrected chi connectivity index (χ0v) is 14.2. The van der Waals surface area contributed by atoms with Gasteiger partial charge in [0.1, 0.15) is 5.56 Å². The highest BCUT2D eigenvalue weighted by molar-refractivity contribution is 7.17. The molecule has 0 spiro atoms. The molecule has 3 rings (SSSR count). The maximum absolute atomic E-state index is 12.5. The van der Waals surface area contributed by atoms with Crippen LogP contribution in [0.4, 0.5) is 0 Å². The lowest BCUT2D eigenvalue weighted by Gasteiger charge is -2.11. The van der Waals surface area contributed by atoms with Crippen LogP contribution in [0.1, 0.15) is 39.6 Å². The third-order valence-corrected chi connectivity index (χ3v) is 4.89. The van der Waals surface area contributed by atoms with Crippen LogP contribution in [-0.2, 0) is 6.54 Å². The van der Waals surface area contributed by atoms with E-state index in [4.69, 9.17) is 0 Å². The Morgan fingerprint density at radius 3 is 2.68 bits per heavy atom. The summed E-state index contributed by atoms with van der Waals surface area (Å²) in [5.41, 5.74) is 0.575. The molecule has 0 saturated carbocycles. The highest BCUT2D eigenvalue weighted by Gasteiger charge is 2.22. The molecule has 1 aromatic carbocycles. The van der Waals surface area contributed by atoms with E-state index >= 15 is 0 Å². The fraction of sp³-hybridized carbons (Fsp3) is 0.167. The van der Waals surface area contributed by atoms with Crippen molar-refractivity contribution in [2.24, 2.45) is 0 Å². The monoisotopic (exact) mass is 357 g/mol. The lowest BCUT2D eigenvalue weighted by atomic mass is 10.1. The lowest BCUT2D eigenvalue weighted by molar-refractivity contribution is 0.0695. The summed E-state index contributed by atoms with van der Waals surface area (Å²) in [6, 6.07) is 8.58. The van der Waals surface area contributed by atoms with Crippen molar-refractivity contribution in [2.75, 3.05) is 0 Å². The quantitative estimate of drug-likeness (QED) is 0.684. The first-order chi connectivity index (χ1) is 11.9. The van der Waals surface area contributed by atoms with Crippen molar-refractivity contribution in [3.05, 3.63) is 62.8 Å². The molecule has 0 bridgehead atoms. The number of hydrogen-bond acceptors (Lipinski definition) is 5. The molecule has 7 heteroatoms. The van der Waals surface area contributed by atoms with E-state index in [0.29, 0.717) is 22.2 Å². The maximum atomic E-state index is 12.5. The van der Waals surface area contributed by atoms with Gasteiger partial charge in [-0.25, -0.2) is 4.79 Å². The summed E-state index contributed by atoms with van der Waals surface area (Å²) in [6.07, 6.45) is 0.381. The van der Waals surface area contributed by atoms with Gasteiger partial charge < -0.3 is 10.2 Å². The fourth-order valence-corrected chi connectivity index (χ4v) is 3.67. The van der Waals surface area contributed by atoms with Crippen molar-refractivity contribution in [2.45, 2.75) is 19.9 Å². The summed E-state index contributed by atoms with van der Waals surface area (Å²) >= 11 is 1.15. The Hall–Kier alpha value is -2.93. The van der Waals surface area contributed by atoms with Crippen molar-refractivity contribution in [3.63, 3.8) is 0 Å². The van der Waals surface area contributed by atoms with Gasteiger partial charge in [-0.1, -0.05) is 25.1 Å². The topological polar surface area (TPSA) is 96.6 Å². The van der Waals surface area contributed by atoms with E-state index in [0.717, 1.165) is 16.9 Å². The van der Waals surface area contributed by atoms with Crippen LogP contribution in [0.15, 0.2) is 40.5 Å². The third kappa shape index (κ3) is 2.94. The predicted octanol–water partition coefficient (Wildman–Crippen LogP) is 3.11. The van der Waals surface area contributed by atoms with E-state index in [2.05, 4.69) is 0 Å². The van der Waals surface area contributed by atoms with Crippen molar-refractivity contribution in [1.82, 2.24) is 4.57 Å². The van der Waals surface area contributed by atoms with Crippen molar-refractivity contribution >= 4 is 33.3 Å². The lowest BCUT2D eigenvalue weighted by Crippen LogP contribution is -2.23. The van der Waals surface area contributed by atoms with Crippen LogP contribution < -0.4 is 5.56 Å². The molecule has 25 heavy (non-hydrogen) atoms. The highest BCUT2D eigenvalue weighted by atomic mass is 32.1. The maximum Gasteiger partial charge on any atom is 0.341 e. The van der Waals surface area contributed by atoms with Crippen LogP contribution in [0.5, 0.6) is 5.75 Å². The molecule has 0 fully saturated rings. The van der Waals surface area contributed by atoms with Gasteiger partial charge in [0.25, 0.3) is 5.56 Å². The standard InChI is InChI=1S/C18H15NO5S/c1-2-13(20)11-5-3-4-10(8-11)9-19-12-6-7-25-16(12)14(18(23)24)15(21)17(19)22/h3-8,21H,2,9H2,1H3,(H,23,24). The van der Waals surface area contributed by atoms with E-state index in [-0.39, 0.29) is 17.9 Å². The Labute approximate surface area is 146 Å². The van der Waals surface area contributed by atoms with E-state index in [1.165, 1.54) is 4.57 Å². The van der Waals surface area contributed by atoms with Crippen molar-refractivity contribution < 1.29 is 19.8 Å². The molecule has 0 atom stereocenters. The first kappa shape index (κ1) is 16.9. The summed E-state index contributed by atoms with van der Waals surface area (Å²) in [5, 5.41) is 21.0. The van der Waals surface area contributed by atoms with Gasteiger partial charge in [0.05, 0.1) is 16.8 Å². The minimum Gasteiger partial charge on any atom is -0.502 e. The minimum atomic E-state index is -1.34. The van der Waals surface area contributed by atoms with Crippen LogP contribution in [-0.4, -0.2) is 26.5 Å². The minimum absolute atomic E-state index is 0.000973. The highest BCUT2D eigenvalue weighted by Crippen LogP contribution is 2.29. The number of nitrogens with zero attached hydrogens (tertiary/aromatic N) is 1. The zero-order chi connectivity index (χ0) is 18.1. The number of benzene rings is 1. The van der Waals surface area contributed by atoms with Gasteiger partial charge in [-0.2, -0.15) is 0 Å². The van der Waals surface area contributed by atoms with E-state index in [9.17, 15) is 24.6 Å². The van der Waals surface area contributed by atoms with Crippen LogP contribution in [0.3, 0.4) is 0 Å². The number of aromatic hydroxyl groups is 1. The van der Waals surface area contributed by atoms with Gasteiger partial charge in [-0.05, 0) is 23.1 Å². The van der Waals surface area contributed by atoms with Crippen molar-refractivity contribution in [3.8, 4) is 5.75 Å². The first-order valence-electron chi connectivity index (χ1n) is 7.62. The molecule has 0 radical (unpaired) electrons. The normalized spacial score (nSPS) is 10.9. The molecule has 2 heterocycles. The van der Waals surface area contributed by atoms with Crippen molar-refractivity contribution in [1.29, 1.82) is 0 Å². The van der Waals surface area contributed by atoms with E-state index < -0.39 is 17.3 Å². The summed E-state index contributed by atoms with van der Waals surface area (Å²) in [5.74, 6) is -2.12. The molecule has 2 N–H and O–H groups in total. The number of carboxylic acid groups (broad SMARTS) is 1. The molecule has 0 saturated heterocycles. The van der Waals surface area contributed by atoms with Gasteiger partial charge in [0, 0.05) is 12.0 Å². The van der Waals surface area contributed by atoms with Gasteiger partial charge in [-0.15, -0.1) is 11.3 Å². The molecule has 0 unspecified atom stereocenters. The van der Waals surface area contributed by atoms with Crippen LogP contribution in [0.2, 0.25) is 0 Å². The number of aromatic nitrogens is 1. The third-order valence-electron chi connectivity index (χ3n) is 3.97. The number of aromatic carboxylic acids is 1. The van der Waals surface area contributed by atoms with Crippen LogP contribution >= 0.6 is 11.3 Å². The number of rotatable bonds is 5. The summed E-state index contributed by atoms with van der Waals surface area (Å²) in [7, 11) is 0. The van der Waals surface area contributed by atoms with E-state index in [1.54, 1.807) is 42.6 Å². The Bertz CT molecular complexity index is 1050. The van der Waals surface area contributed by atoms with Crippen LogP contribution in [0.25, 0.3) is 10.2 Å². The smallest absolute Gasteiger partial charge is 0.341 e. The van der Waals surface area contributed by atoms with E-state index in [1.807, 2.05) is 0 Å². The molecule has 0 aliphatic heterocycles. The number of thiophene rings is 1. The zero-order valence-electron chi connectivity index (χ0n) is 13.4. The summed E-state index contributed by atoms with van der Waals surface area (Å²) in [6.45, 7) is 1.90. The van der Waals surface area contributed by atoms with Crippen LogP contribution in [0, 0.1) is 0 Å². The average molecular weight is 357 g/mol. The number of ketones is 1. The number of pyridine rings is 1. The second-order valence-corrected chi connectivity index (χ2v) is 6.45. The Morgan fingerprint density at radius 2 is 2.00 bits per heavy atom. The molecule has 2 aromatic heterocycles. The number of Topliss-reactive ketones (excluding diaryl/α,β-unsaturated/α-hetero) is 1. The summed E-state index contributed by atoms with van der Waals surface area (Å²) < 4.78 is 1.66.